The van der Waals surface area contributed by atoms with Crippen molar-refractivity contribution in [2.45, 2.75) is 64.6 Å². The molecule has 4 aliphatic heterocycles. The van der Waals surface area contributed by atoms with E-state index in [1.54, 1.807) is 26.6 Å². The normalized spacial score (nSPS) is 21.0. The van der Waals surface area contributed by atoms with Crippen molar-refractivity contribution >= 4 is 52.9 Å². The monoisotopic (exact) mass is 651 g/mol. The van der Waals surface area contributed by atoms with Gasteiger partial charge in [-0.15, -0.1) is 0 Å². The molecule has 0 spiro atoms. The van der Waals surface area contributed by atoms with Crippen LogP contribution in [0.2, 0.25) is 5.02 Å². The number of methoxy groups -OCH3 is 1. The largest absolute Gasteiger partial charge is 0.494 e. The first-order valence-electron chi connectivity index (χ1n) is 16.1. The molecule has 11 heteroatoms. The molecule has 2 N–H and O–H groups in total. The van der Waals surface area contributed by atoms with Crippen molar-refractivity contribution in [3.8, 4) is 5.75 Å². The van der Waals surface area contributed by atoms with Gasteiger partial charge in [-0.25, -0.2) is 4.98 Å². The standard InChI is InChI=1S/C34H47ClN7O2P/c1-8-23-15-29(31(44-5)17-30(23)41-13-11-24(12-14-41)42-19-25-16-26(20-42)40(25)4)38-34-36-18-27(35)33(39-34)37-28-10-9-21(2)22(3)32(28)45(6,7)43/h9-10,15,17-18,24-26H,8,11-14,16,19-20H2,1-7H3,(H2,36,37,38,39). The predicted molar refractivity (Wildman–Crippen MR) is 188 cm³/mol. The van der Waals surface area contributed by atoms with Crippen LogP contribution in [0.1, 0.15) is 42.9 Å². The summed E-state index contributed by atoms with van der Waals surface area (Å²) in [4.78, 5) is 17.0. The highest BCUT2D eigenvalue weighted by atomic mass is 35.5. The average Bonchev–Trinajstić information content (AvgIpc) is 3.03. The minimum atomic E-state index is -2.58. The fraction of sp³-hybridized carbons (Fsp3) is 0.529. The number of aromatic nitrogens is 2. The fourth-order valence-electron chi connectivity index (χ4n) is 7.42. The average molecular weight is 652 g/mol. The number of rotatable bonds is 9. The van der Waals surface area contributed by atoms with Crippen LogP contribution in [-0.2, 0) is 11.0 Å². The van der Waals surface area contributed by atoms with Crippen LogP contribution in [0.15, 0.2) is 30.5 Å². The number of piperidine rings is 2. The smallest absolute Gasteiger partial charge is 0.229 e. The van der Waals surface area contributed by atoms with Gasteiger partial charge in [0.1, 0.15) is 17.9 Å². The van der Waals surface area contributed by atoms with Crippen molar-refractivity contribution in [3.05, 3.63) is 52.2 Å². The van der Waals surface area contributed by atoms with Gasteiger partial charge in [-0.05, 0) is 88.7 Å². The SMILES string of the molecule is CCc1cc(Nc2ncc(Cl)c(Nc3ccc(C)c(C)c3P(C)(C)=O)n2)c(OC)cc1N1CCC(N2CC3CC(C2)N3C)CC1. The summed E-state index contributed by atoms with van der Waals surface area (Å²) in [7, 11) is 1.40. The summed E-state index contributed by atoms with van der Waals surface area (Å²) in [5, 5.41) is 7.90. The first kappa shape index (κ1) is 32.1. The zero-order valence-corrected chi connectivity index (χ0v) is 29.3. The van der Waals surface area contributed by atoms with Gasteiger partial charge in [-0.2, -0.15) is 4.98 Å². The number of likely N-dealkylation sites (N-methyl/N-ethyl adjacent to an activating group) is 1. The van der Waals surface area contributed by atoms with Crippen molar-refractivity contribution in [2.24, 2.45) is 0 Å². The molecule has 2 atom stereocenters. The highest BCUT2D eigenvalue weighted by molar-refractivity contribution is 7.70. The summed E-state index contributed by atoms with van der Waals surface area (Å²) in [5.41, 5.74) is 6.14. The van der Waals surface area contributed by atoms with Gasteiger partial charge in [0, 0.05) is 61.4 Å². The zero-order valence-electron chi connectivity index (χ0n) is 27.7. The molecule has 5 heterocycles. The Labute approximate surface area is 273 Å². The van der Waals surface area contributed by atoms with Gasteiger partial charge in [0.2, 0.25) is 5.95 Å². The lowest BCUT2D eigenvalue weighted by Crippen LogP contribution is -2.69. The summed E-state index contributed by atoms with van der Waals surface area (Å²) in [6.45, 7) is 14.3. The van der Waals surface area contributed by atoms with Gasteiger partial charge in [0.25, 0.3) is 0 Å². The molecular weight excluding hydrogens is 605 g/mol. The van der Waals surface area contributed by atoms with Gasteiger partial charge in [0.05, 0.1) is 24.7 Å². The molecule has 7 rings (SSSR count). The Morgan fingerprint density at radius 3 is 2.38 bits per heavy atom. The first-order valence-corrected chi connectivity index (χ1v) is 19.1. The number of nitrogens with zero attached hydrogens (tertiary/aromatic N) is 5. The predicted octanol–water partition coefficient (Wildman–Crippen LogP) is 6.41. The number of ether oxygens (including phenoxy) is 1. The number of hydrogen-bond acceptors (Lipinski definition) is 9. The number of benzene rings is 2. The van der Waals surface area contributed by atoms with Crippen LogP contribution in [-0.4, -0.2) is 91.6 Å². The second kappa shape index (κ2) is 12.7. The molecule has 4 saturated heterocycles. The van der Waals surface area contributed by atoms with Crippen molar-refractivity contribution in [1.29, 1.82) is 0 Å². The van der Waals surface area contributed by atoms with Crippen molar-refractivity contribution in [3.63, 3.8) is 0 Å². The molecule has 3 aromatic rings. The lowest BCUT2D eigenvalue weighted by Gasteiger charge is -2.57. The third-order valence-electron chi connectivity index (χ3n) is 10.2. The van der Waals surface area contributed by atoms with E-state index >= 15 is 0 Å². The maximum Gasteiger partial charge on any atom is 0.229 e. The van der Waals surface area contributed by atoms with Crippen LogP contribution in [0.5, 0.6) is 5.75 Å². The first-order chi connectivity index (χ1) is 21.5. The van der Waals surface area contributed by atoms with E-state index in [4.69, 9.17) is 21.3 Å². The van der Waals surface area contributed by atoms with Gasteiger partial charge in [-0.3, -0.25) is 9.80 Å². The molecule has 2 unspecified atom stereocenters. The van der Waals surface area contributed by atoms with E-state index < -0.39 is 7.14 Å². The molecule has 0 saturated carbocycles. The van der Waals surface area contributed by atoms with E-state index in [1.165, 1.54) is 43.6 Å². The molecule has 2 bridgehead atoms. The number of piperazine rings is 1. The molecule has 45 heavy (non-hydrogen) atoms. The minimum Gasteiger partial charge on any atom is -0.494 e. The van der Waals surface area contributed by atoms with Gasteiger partial charge in [0.15, 0.2) is 5.82 Å². The summed E-state index contributed by atoms with van der Waals surface area (Å²) >= 11 is 6.56. The molecule has 0 aliphatic carbocycles. The van der Waals surface area contributed by atoms with Gasteiger partial charge < -0.3 is 24.8 Å². The minimum absolute atomic E-state index is 0.375. The topological polar surface area (TPSA) is 85.9 Å². The van der Waals surface area contributed by atoms with E-state index in [-0.39, 0.29) is 0 Å². The summed E-state index contributed by atoms with van der Waals surface area (Å²) in [6, 6.07) is 10.5. The van der Waals surface area contributed by atoms with Crippen molar-refractivity contribution < 1.29 is 9.30 Å². The number of halogens is 1. The molecule has 4 aliphatic rings. The fourth-order valence-corrected chi connectivity index (χ4v) is 9.25. The molecular formula is C34H47ClN7O2P. The van der Waals surface area contributed by atoms with Crippen LogP contribution in [0.4, 0.5) is 28.8 Å². The molecule has 1 aromatic heterocycles. The third kappa shape index (κ3) is 6.42. The van der Waals surface area contributed by atoms with Gasteiger partial charge in [-0.1, -0.05) is 24.6 Å². The zero-order chi connectivity index (χ0) is 32.0. The Bertz CT molecular complexity index is 1610. The van der Waals surface area contributed by atoms with Crippen molar-refractivity contribution in [1.82, 2.24) is 19.8 Å². The Balaban J connectivity index is 1.20. The van der Waals surface area contributed by atoms with Crippen LogP contribution >= 0.6 is 18.7 Å². The number of hydrogen-bond donors (Lipinski definition) is 2. The second-order valence-electron chi connectivity index (χ2n) is 13.3. The van der Waals surface area contributed by atoms with E-state index in [0.29, 0.717) is 22.8 Å². The van der Waals surface area contributed by atoms with E-state index in [9.17, 15) is 4.57 Å². The number of anilines is 5. The van der Waals surface area contributed by atoms with Crippen LogP contribution in [0.25, 0.3) is 0 Å². The van der Waals surface area contributed by atoms with Crippen LogP contribution < -0.4 is 25.6 Å². The summed E-state index contributed by atoms with van der Waals surface area (Å²) < 4.78 is 19.1. The lowest BCUT2D eigenvalue weighted by molar-refractivity contribution is -0.0681. The quantitative estimate of drug-likeness (QED) is 0.255. The molecule has 0 radical (unpaired) electrons. The number of nitrogens with one attached hydrogen (secondary N) is 2. The lowest BCUT2D eigenvalue weighted by atomic mass is 9.86. The molecule has 0 amide bonds. The van der Waals surface area contributed by atoms with Crippen molar-refractivity contribution in [2.75, 3.05) is 69.2 Å². The Hall–Kier alpha value is -2.84. The molecule has 4 fully saturated rings. The Morgan fingerprint density at radius 1 is 1.04 bits per heavy atom. The molecule has 2 aromatic carbocycles. The second-order valence-corrected chi connectivity index (χ2v) is 16.9. The maximum absolute atomic E-state index is 13.2. The van der Waals surface area contributed by atoms with E-state index in [0.717, 1.165) is 65.1 Å². The van der Waals surface area contributed by atoms with E-state index in [1.807, 2.05) is 26.0 Å². The van der Waals surface area contributed by atoms with E-state index in [2.05, 4.69) is 56.4 Å². The third-order valence-corrected chi connectivity index (χ3v) is 12.1. The van der Waals surface area contributed by atoms with Crippen LogP contribution in [0, 0.1) is 13.8 Å². The number of aryl methyl sites for hydroxylation is 2. The Kier molecular flexibility index (Phi) is 9.10. The highest BCUT2D eigenvalue weighted by Gasteiger charge is 2.44. The number of fused-ring (bicyclic) bond motifs is 2. The molecule has 242 valence electrons. The summed E-state index contributed by atoms with van der Waals surface area (Å²) in [5.74, 6) is 1.58. The van der Waals surface area contributed by atoms with Gasteiger partial charge >= 0.3 is 0 Å². The van der Waals surface area contributed by atoms with Crippen LogP contribution in [0.3, 0.4) is 0 Å². The highest BCUT2D eigenvalue weighted by Crippen LogP contribution is 2.42. The summed E-state index contributed by atoms with van der Waals surface area (Å²) in [6.07, 6.45) is 6.23. The molecule has 9 nitrogen and oxygen atoms in total. The maximum atomic E-state index is 13.2. The Morgan fingerprint density at radius 2 is 1.76 bits per heavy atom.